The number of imidazole rings is 1. The summed E-state index contributed by atoms with van der Waals surface area (Å²) in [6.45, 7) is 0. The van der Waals surface area contributed by atoms with Crippen molar-refractivity contribution in [1.82, 2.24) is 14.1 Å². The van der Waals surface area contributed by atoms with E-state index in [4.69, 9.17) is 4.98 Å². The number of rotatable bonds is 2. The van der Waals surface area contributed by atoms with Crippen molar-refractivity contribution < 1.29 is 4.79 Å². The van der Waals surface area contributed by atoms with Crippen LogP contribution in [0.5, 0.6) is 0 Å². The molecule has 0 unspecified atom stereocenters. The Morgan fingerprint density at radius 2 is 1.69 bits per heavy atom. The Labute approximate surface area is 184 Å². The Balaban J connectivity index is 1.83. The fourth-order valence-electron chi connectivity index (χ4n) is 3.71. The van der Waals surface area contributed by atoms with Gasteiger partial charge in [-0.3, -0.25) is 9.36 Å². The molecule has 0 aliphatic carbocycles. The van der Waals surface area contributed by atoms with E-state index in [2.05, 4.69) is 48.6 Å². The van der Waals surface area contributed by atoms with Crippen LogP contribution in [0.2, 0.25) is 0 Å². The highest BCUT2D eigenvalue weighted by atomic mass is 79.9. The fourth-order valence-corrected chi connectivity index (χ4v) is 4.47. The van der Waals surface area contributed by atoms with Crippen molar-refractivity contribution in [1.29, 1.82) is 0 Å². The van der Waals surface area contributed by atoms with Crippen molar-refractivity contribution >= 4 is 59.7 Å². The van der Waals surface area contributed by atoms with Crippen molar-refractivity contribution in [3.8, 4) is 11.4 Å². The zero-order chi connectivity index (χ0) is 20.1. The zero-order valence-corrected chi connectivity index (χ0v) is 18.6. The number of halogens is 2. The SMILES string of the molecule is Cn1cc(-c2nc3ccccc3n2C(=O)c2cccc(Br)c2)c2cc(Br)ccc21. The van der Waals surface area contributed by atoms with E-state index in [0.717, 1.165) is 36.4 Å². The minimum atomic E-state index is -0.109. The van der Waals surface area contributed by atoms with Gasteiger partial charge in [0.15, 0.2) is 0 Å². The Morgan fingerprint density at radius 3 is 2.52 bits per heavy atom. The van der Waals surface area contributed by atoms with Gasteiger partial charge in [-0.2, -0.15) is 0 Å². The standard InChI is InChI=1S/C23H15Br2N3O/c1-27-13-18(17-12-16(25)9-10-20(17)27)22-26-19-7-2-3-8-21(19)28(22)23(29)14-5-4-6-15(24)11-14/h2-13H,1H3. The average Bonchev–Trinajstić information content (AvgIpc) is 3.25. The quantitative estimate of drug-likeness (QED) is 0.276. The van der Waals surface area contributed by atoms with Gasteiger partial charge in [0.05, 0.1) is 11.0 Å². The largest absolute Gasteiger partial charge is 0.350 e. The summed E-state index contributed by atoms with van der Waals surface area (Å²) in [5, 5.41) is 1.04. The number of hydrogen-bond acceptors (Lipinski definition) is 2. The summed E-state index contributed by atoms with van der Waals surface area (Å²) in [5.74, 6) is 0.530. The summed E-state index contributed by atoms with van der Waals surface area (Å²) in [5.41, 5.74) is 4.18. The molecule has 0 aliphatic rings. The molecule has 0 atom stereocenters. The van der Waals surface area contributed by atoms with Crippen LogP contribution >= 0.6 is 31.9 Å². The second-order valence-electron chi connectivity index (χ2n) is 6.89. The summed E-state index contributed by atoms with van der Waals surface area (Å²) in [6.07, 6.45) is 2.03. The van der Waals surface area contributed by atoms with Crippen LogP contribution in [0.15, 0.2) is 81.9 Å². The van der Waals surface area contributed by atoms with E-state index in [1.165, 1.54) is 0 Å². The zero-order valence-electron chi connectivity index (χ0n) is 15.4. The second-order valence-corrected chi connectivity index (χ2v) is 8.72. The van der Waals surface area contributed by atoms with Crippen LogP contribution in [0.4, 0.5) is 0 Å². The predicted molar refractivity (Wildman–Crippen MR) is 123 cm³/mol. The van der Waals surface area contributed by atoms with Gasteiger partial charge in [0.1, 0.15) is 5.82 Å². The Hall–Kier alpha value is -2.70. The summed E-state index contributed by atoms with van der Waals surface area (Å²) >= 11 is 7.03. The molecule has 4 nitrogen and oxygen atoms in total. The topological polar surface area (TPSA) is 39.8 Å². The minimum Gasteiger partial charge on any atom is -0.350 e. The molecule has 2 heterocycles. The molecule has 142 valence electrons. The first-order chi connectivity index (χ1) is 14.0. The summed E-state index contributed by atoms with van der Waals surface area (Å²) in [4.78, 5) is 18.4. The molecule has 6 heteroatoms. The Kier molecular flexibility index (Phi) is 4.41. The van der Waals surface area contributed by atoms with Crippen molar-refractivity contribution in [2.45, 2.75) is 0 Å². The number of carbonyl (C=O) groups is 1. The van der Waals surface area contributed by atoms with E-state index in [-0.39, 0.29) is 5.91 Å². The molecular formula is C23H15Br2N3O. The molecule has 0 fully saturated rings. The number of carbonyl (C=O) groups excluding carboxylic acids is 1. The van der Waals surface area contributed by atoms with Crippen LogP contribution in [0, 0.1) is 0 Å². The Morgan fingerprint density at radius 1 is 0.897 bits per heavy atom. The first kappa shape index (κ1) is 18.3. The van der Waals surface area contributed by atoms with Crippen LogP contribution in [0.1, 0.15) is 10.4 Å². The van der Waals surface area contributed by atoms with Crippen molar-refractivity contribution in [2.75, 3.05) is 0 Å². The van der Waals surface area contributed by atoms with Gasteiger partial charge in [-0.15, -0.1) is 0 Å². The van der Waals surface area contributed by atoms with Gasteiger partial charge in [0.25, 0.3) is 5.91 Å². The number of aryl methyl sites for hydroxylation is 1. The number of hydrogen-bond donors (Lipinski definition) is 0. The highest BCUT2D eigenvalue weighted by molar-refractivity contribution is 9.10. The van der Waals surface area contributed by atoms with Crippen LogP contribution in [-0.2, 0) is 7.05 Å². The van der Waals surface area contributed by atoms with Crippen LogP contribution in [-0.4, -0.2) is 20.0 Å². The van der Waals surface area contributed by atoms with E-state index < -0.39 is 0 Å². The van der Waals surface area contributed by atoms with Crippen LogP contribution < -0.4 is 0 Å². The van der Waals surface area contributed by atoms with Gasteiger partial charge in [0.2, 0.25) is 0 Å². The molecular weight excluding hydrogens is 494 g/mol. The van der Waals surface area contributed by atoms with E-state index >= 15 is 0 Å². The molecule has 2 aromatic heterocycles. The highest BCUT2D eigenvalue weighted by Crippen LogP contribution is 2.34. The van der Waals surface area contributed by atoms with Crippen LogP contribution in [0.3, 0.4) is 0 Å². The number of fused-ring (bicyclic) bond motifs is 2. The van der Waals surface area contributed by atoms with E-state index in [9.17, 15) is 4.79 Å². The normalized spacial score (nSPS) is 11.4. The van der Waals surface area contributed by atoms with Crippen molar-refractivity contribution in [3.05, 3.63) is 87.4 Å². The van der Waals surface area contributed by atoms with Gasteiger partial charge in [-0.25, -0.2) is 4.98 Å². The molecule has 5 aromatic rings. The fraction of sp³-hybridized carbons (Fsp3) is 0.0435. The summed E-state index contributed by atoms with van der Waals surface area (Å²) in [6, 6.07) is 21.3. The minimum absolute atomic E-state index is 0.109. The Bertz CT molecular complexity index is 1410. The molecule has 5 rings (SSSR count). The lowest BCUT2D eigenvalue weighted by Gasteiger charge is -2.08. The molecule has 0 radical (unpaired) electrons. The predicted octanol–water partition coefficient (Wildman–Crippen LogP) is 6.41. The maximum absolute atomic E-state index is 13.6. The number of aromatic nitrogens is 3. The number of nitrogens with zero attached hydrogens (tertiary/aromatic N) is 3. The maximum Gasteiger partial charge on any atom is 0.264 e. The third-order valence-corrected chi connectivity index (χ3v) is 6.01. The molecule has 0 aliphatic heterocycles. The summed E-state index contributed by atoms with van der Waals surface area (Å²) < 4.78 is 5.62. The molecule has 0 saturated carbocycles. The molecule has 0 spiro atoms. The second kappa shape index (κ2) is 6.97. The lowest BCUT2D eigenvalue weighted by atomic mass is 10.1. The molecule has 3 aromatic carbocycles. The summed E-state index contributed by atoms with van der Waals surface area (Å²) in [7, 11) is 2.00. The van der Waals surface area contributed by atoms with Gasteiger partial charge in [-0.05, 0) is 48.5 Å². The van der Waals surface area contributed by atoms with E-state index in [0.29, 0.717) is 11.4 Å². The number of benzene rings is 3. The van der Waals surface area contributed by atoms with E-state index in [1.54, 1.807) is 4.57 Å². The average molecular weight is 509 g/mol. The first-order valence-corrected chi connectivity index (χ1v) is 10.6. The van der Waals surface area contributed by atoms with Crippen LogP contribution in [0.25, 0.3) is 33.3 Å². The van der Waals surface area contributed by atoms with E-state index in [1.807, 2.05) is 67.8 Å². The van der Waals surface area contributed by atoms with Gasteiger partial charge < -0.3 is 4.57 Å². The van der Waals surface area contributed by atoms with Crippen molar-refractivity contribution in [2.24, 2.45) is 7.05 Å². The lowest BCUT2D eigenvalue weighted by molar-refractivity contribution is 0.0966. The number of para-hydroxylation sites is 2. The lowest BCUT2D eigenvalue weighted by Crippen LogP contribution is -2.13. The molecule has 0 amide bonds. The smallest absolute Gasteiger partial charge is 0.264 e. The third kappa shape index (κ3) is 3.03. The highest BCUT2D eigenvalue weighted by Gasteiger charge is 2.22. The monoisotopic (exact) mass is 507 g/mol. The molecule has 0 saturated heterocycles. The first-order valence-electron chi connectivity index (χ1n) is 9.05. The molecule has 0 bridgehead atoms. The van der Waals surface area contributed by atoms with Crippen molar-refractivity contribution in [3.63, 3.8) is 0 Å². The van der Waals surface area contributed by atoms with Gasteiger partial charge in [0, 0.05) is 44.2 Å². The molecule has 29 heavy (non-hydrogen) atoms. The molecule has 0 N–H and O–H groups in total. The van der Waals surface area contributed by atoms with Gasteiger partial charge in [-0.1, -0.05) is 50.1 Å². The van der Waals surface area contributed by atoms with Gasteiger partial charge >= 0.3 is 0 Å². The maximum atomic E-state index is 13.6. The third-order valence-electron chi connectivity index (χ3n) is 5.03.